The van der Waals surface area contributed by atoms with Gasteiger partial charge in [0.05, 0.1) is 33.0 Å². The lowest BCUT2D eigenvalue weighted by molar-refractivity contribution is 0.263. The van der Waals surface area contributed by atoms with Gasteiger partial charge in [0, 0.05) is 12.1 Å². The van der Waals surface area contributed by atoms with Gasteiger partial charge in [-0.25, -0.2) is 0 Å². The maximum atomic E-state index is 9.18. The van der Waals surface area contributed by atoms with Gasteiger partial charge in [-0.3, -0.25) is 0 Å². The molecule has 0 radical (unpaired) electrons. The van der Waals surface area contributed by atoms with Crippen molar-refractivity contribution >= 4 is 0 Å². The zero-order valence-electron chi connectivity index (χ0n) is 9.24. The first-order valence-corrected chi connectivity index (χ1v) is 4.75. The van der Waals surface area contributed by atoms with Crippen molar-refractivity contribution in [1.82, 2.24) is 0 Å². The van der Waals surface area contributed by atoms with Crippen LogP contribution in [0.1, 0.15) is 12.5 Å². The van der Waals surface area contributed by atoms with Crippen LogP contribution in [0.15, 0.2) is 12.1 Å². The van der Waals surface area contributed by atoms with E-state index in [1.165, 1.54) is 0 Å². The summed E-state index contributed by atoms with van der Waals surface area (Å²) >= 11 is 0. The lowest BCUT2D eigenvalue weighted by atomic mass is 10.1. The van der Waals surface area contributed by atoms with Gasteiger partial charge in [-0.15, -0.1) is 0 Å². The fourth-order valence-corrected chi connectivity index (χ4v) is 1.37. The average Bonchev–Trinajstić information content (AvgIpc) is 2.28. The third kappa shape index (κ3) is 2.53. The van der Waals surface area contributed by atoms with Crippen LogP contribution < -0.4 is 14.2 Å². The van der Waals surface area contributed by atoms with Crippen molar-refractivity contribution in [2.75, 3.05) is 20.8 Å². The van der Waals surface area contributed by atoms with Crippen LogP contribution >= 0.6 is 0 Å². The number of aliphatic hydroxyl groups excluding tert-OH is 1. The highest BCUT2D eigenvalue weighted by atomic mass is 16.5. The normalized spacial score (nSPS) is 9.87. The van der Waals surface area contributed by atoms with Crippen molar-refractivity contribution in [2.45, 2.75) is 13.5 Å². The minimum absolute atomic E-state index is 0.126. The van der Waals surface area contributed by atoms with Crippen molar-refractivity contribution < 1.29 is 19.3 Å². The van der Waals surface area contributed by atoms with E-state index in [0.29, 0.717) is 29.4 Å². The van der Waals surface area contributed by atoms with Crippen LogP contribution in [0.25, 0.3) is 0 Å². The molecular weight excluding hydrogens is 196 g/mol. The molecule has 0 aliphatic carbocycles. The van der Waals surface area contributed by atoms with Gasteiger partial charge in [0.15, 0.2) is 0 Å². The van der Waals surface area contributed by atoms with E-state index in [-0.39, 0.29) is 6.61 Å². The van der Waals surface area contributed by atoms with Crippen LogP contribution in [0.4, 0.5) is 0 Å². The van der Waals surface area contributed by atoms with Crippen molar-refractivity contribution in [3.63, 3.8) is 0 Å². The molecule has 1 aromatic rings. The molecule has 0 unspecified atom stereocenters. The van der Waals surface area contributed by atoms with Crippen LogP contribution in [-0.2, 0) is 6.61 Å². The molecule has 4 nitrogen and oxygen atoms in total. The van der Waals surface area contributed by atoms with Gasteiger partial charge in [-0.1, -0.05) is 0 Å². The van der Waals surface area contributed by atoms with Gasteiger partial charge < -0.3 is 19.3 Å². The van der Waals surface area contributed by atoms with Crippen molar-refractivity contribution in [2.24, 2.45) is 0 Å². The van der Waals surface area contributed by atoms with Crippen molar-refractivity contribution in [3.05, 3.63) is 17.7 Å². The first-order valence-electron chi connectivity index (χ1n) is 4.75. The highest BCUT2D eigenvalue weighted by molar-refractivity contribution is 5.50. The predicted molar refractivity (Wildman–Crippen MR) is 56.6 cm³/mol. The van der Waals surface area contributed by atoms with E-state index in [0.717, 1.165) is 0 Å². The monoisotopic (exact) mass is 212 g/mol. The smallest absolute Gasteiger partial charge is 0.131 e. The first kappa shape index (κ1) is 11.7. The Kier molecular flexibility index (Phi) is 4.24. The molecule has 1 rings (SSSR count). The molecule has 0 aliphatic rings. The van der Waals surface area contributed by atoms with Gasteiger partial charge in [-0.05, 0) is 6.92 Å². The molecule has 0 saturated carbocycles. The molecule has 84 valence electrons. The lowest BCUT2D eigenvalue weighted by Crippen LogP contribution is -1.99. The molecule has 0 amide bonds. The Morgan fingerprint density at radius 1 is 1.13 bits per heavy atom. The Balaban J connectivity index is 3.16. The van der Waals surface area contributed by atoms with Gasteiger partial charge >= 0.3 is 0 Å². The zero-order valence-corrected chi connectivity index (χ0v) is 9.24. The van der Waals surface area contributed by atoms with Crippen LogP contribution in [0.5, 0.6) is 17.2 Å². The summed E-state index contributed by atoms with van der Waals surface area (Å²) in [5.74, 6) is 1.81. The molecule has 1 N–H and O–H groups in total. The maximum absolute atomic E-state index is 9.18. The number of hydrogen-bond donors (Lipinski definition) is 1. The second-order valence-corrected chi connectivity index (χ2v) is 2.90. The van der Waals surface area contributed by atoms with E-state index in [1.807, 2.05) is 6.92 Å². The number of ether oxygens (including phenoxy) is 3. The molecule has 0 aliphatic heterocycles. The largest absolute Gasteiger partial charge is 0.496 e. The standard InChI is InChI=1S/C11H16O4/c1-4-15-8-5-10(13-2)9(7-12)11(6-8)14-3/h5-6,12H,4,7H2,1-3H3. The maximum Gasteiger partial charge on any atom is 0.131 e. The van der Waals surface area contributed by atoms with E-state index >= 15 is 0 Å². The Labute approximate surface area is 89.4 Å². The number of hydrogen-bond acceptors (Lipinski definition) is 4. The molecule has 0 bridgehead atoms. The van der Waals surface area contributed by atoms with Gasteiger partial charge in [0.25, 0.3) is 0 Å². The van der Waals surface area contributed by atoms with Crippen molar-refractivity contribution in [1.29, 1.82) is 0 Å². The molecule has 0 fully saturated rings. The van der Waals surface area contributed by atoms with Crippen molar-refractivity contribution in [3.8, 4) is 17.2 Å². The molecule has 0 spiro atoms. The van der Waals surface area contributed by atoms with E-state index in [9.17, 15) is 5.11 Å². The molecule has 0 aromatic heterocycles. The molecular formula is C11H16O4. The first-order chi connectivity index (χ1) is 7.26. The molecule has 0 saturated heterocycles. The van der Waals surface area contributed by atoms with Crippen LogP contribution in [0, 0.1) is 0 Å². The fraction of sp³-hybridized carbons (Fsp3) is 0.455. The molecule has 4 heteroatoms. The van der Waals surface area contributed by atoms with Gasteiger partial charge in [0.1, 0.15) is 17.2 Å². The number of aliphatic hydroxyl groups is 1. The molecule has 1 aromatic carbocycles. The van der Waals surface area contributed by atoms with E-state index in [4.69, 9.17) is 14.2 Å². The molecule has 0 heterocycles. The quantitative estimate of drug-likeness (QED) is 0.805. The van der Waals surface area contributed by atoms with Gasteiger partial charge in [-0.2, -0.15) is 0 Å². The number of benzene rings is 1. The third-order valence-electron chi connectivity index (χ3n) is 2.05. The minimum atomic E-state index is -0.126. The Hall–Kier alpha value is -1.42. The fourth-order valence-electron chi connectivity index (χ4n) is 1.37. The van der Waals surface area contributed by atoms with Crippen LogP contribution in [0.2, 0.25) is 0 Å². The Morgan fingerprint density at radius 2 is 1.67 bits per heavy atom. The third-order valence-corrected chi connectivity index (χ3v) is 2.05. The summed E-state index contributed by atoms with van der Waals surface area (Å²) in [6.07, 6.45) is 0. The average molecular weight is 212 g/mol. The van der Waals surface area contributed by atoms with Crippen LogP contribution in [0.3, 0.4) is 0 Å². The summed E-state index contributed by atoms with van der Waals surface area (Å²) in [4.78, 5) is 0. The minimum Gasteiger partial charge on any atom is -0.496 e. The summed E-state index contributed by atoms with van der Waals surface area (Å²) in [7, 11) is 3.09. The SMILES string of the molecule is CCOc1cc(OC)c(CO)c(OC)c1. The van der Waals surface area contributed by atoms with E-state index < -0.39 is 0 Å². The summed E-state index contributed by atoms with van der Waals surface area (Å²) < 4.78 is 15.6. The van der Waals surface area contributed by atoms with Gasteiger partial charge in [0.2, 0.25) is 0 Å². The number of rotatable bonds is 5. The summed E-state index contributed by atoms with van der Waals surface area (Å²) in [6, 6.07) is 3.47. The highest BCUT2D eigenvalue weighted by Crippen LogP contribution is 2.33. The van der Waals surface area contributed by atoms with E-state index in [1.54, 1.807) is 26.4 Å². The topological polar surface area (TPSA) is 47.9 Å². The van der Waals surface area contributed by atoms with E-state index in [2.05, 4.69) is 0 Å². The molecule has 15 heavy (non-hydrogen) atoms. The predicted octanol–water partition coefficient (Wildman–Crippen LogP) is 1.59. The lowest BCUT2D eigenvalue weighted by Gasteiger charge is -2.13. The summed E-state index contributed by atoms with van der Waals surface area (Å²) in [5, 5.41) is 9.18. The summed E-state index contributed by atoms with van der Waals surface area (Å²) in [5.41, 5.74) is 0.628. The highest BCUT2D eigenvalue weighted by Gasteiger charge is 2.11. The Bertz CT molecular complexity index is 297. The number of methoxy groups -OCH3 is 2. The second-order valence-electron chi connectivity index (χ2n) is 2.90. The zero-order chi connectivity index (χ0) is 11.3. The summed E-state index contributed by atoms with van der Waals surface area (Å²) in [6.45, 7) is 2.35. The second kappa shape index (κ2) is 5.46. The van der Waals surface area contributed by atoms with Crippen LogP contribution in [-0.4, -0.2) is 25.9 Å². The molecule has 0 atom stereocenters. The Morgan fingerprint density at radius 3 is 2.00 bits per heavy atom.